The average Bonchev–Trinajstić information content (AvgIpc) is 2.33. The van der Waals surface area contributed by atoms with Gasteiger partial charge in [-0.15, -0.1) is 0 Å². The molecule has 2 rings (SSSR count). The van der Waals surface area contributed by atoms with Crippen LogP contribution in [-0.4, -0.2) is 7.11 Å². The number of rotatable bonds is 3. The van der Waals surface area contributed by atoms with Gasteiger partial charge in [0.25, 0.3) is 0 Å². The molecule has 0 aromatic heterocycles. The molecule has 0 atom stereocenters. The first kappa shape index (κ1) is 11.4. The van der Waals surface area contributed by atoms with E-state index in [1.165, 1.54) is 0 Å². The summed E-state index contributed by atoms with van der Waals surface area (Å²) in [6.07, 6.45) is 3.78. The maximum absolute atomic E-state index is 14.1. The van der Waals surface area contributed by atoms with Crippen LogP contribution in [0.3, 0.4) is 0 Å². The van der Waals surface area contributed by atoms with Crippen LogP contribution in [0, 0.1) is 5.82 Å². The van der Waals surface area contributed by atoms with Gasteiger partial charge in [-0.2, -0.15) is 0 Å². The van der Waals surface area contributed by atoms with E-state index in [0.717, 1.165) is 42.6 Å². The molecule has 88 valence electrons. The van der Waals surface area contributed by atoms with Crippen molar-refractivity contribution in [2.75, 3.05) is 7.11 Å². The van der Waals surface area contributed by atoms with Crippen molar-refractivity contribution in [1.82, 2.24) is 0 Å². The Hall–Kier alpha value is -1.13. The van der Waals surface area contributed by atoms with Crippen LogP contribution in [0.15, 0.2) is 6.07 Å². The molecule has 0 saturated carbocycles. The Bertz CT molecular complexity index is 393. The van der Waals surface area contributed by atoms with Gasteiger partial charge in [-0.1, -0.05) is 0 Å². The summed E-state index contributed by atoms with van der Waals surface area (Å²) in [6, 6.07) is 1.69. The number of ether oxygens (including phenoxy) is 1. The average molecular weight is 225 g/mol. The highest BCUT2D eigenvalue weighted by molar-refractivity contribution is 5.46. The Labute approximate surface area is 94.3 Å². The van der Waals surface area contributed by atoms with Gasteiger partial charge in [-0.05, 0) is 37.3 Å². The van der Waals surface area contributed by atoms with Crippen LogP contribution < -0.4 is 10.6 Å². The second-order valence-electron chi connectivity index (χ2n) is 4.03. The zero-order valence-electron chi connectivity index (χ0n) is 9.38. The van der Waals surface area contributed by atoms with Crippen LogP contribution in [0.5, 0.6) is 5.75 Å². The molecule has 1 aliphatic carbocycles. The molecule has 0 spiro atoms. The van der Waals surface area contributed by atoms with E-state index >= 15 is 0 Å². The third kappa shape index (κ3) is 1.90. The van der Waals surface area contributed by atoms with Gasteiger partial charge in [-0.3, -0.25) is 4.84 Å². The molecule has 16 heavy (non-hydrogen) atoms. The Balaban J connectivity index is 2.51. The van der Waals surface area contributed by atoms with Crippen molar-refractivity contribution in [3.8, 4) is 5.75 Å². The lowest BCUT2D eigenvalue weighted by Gasteiger charge is -2.21. The van der Waals surface area contributed by atoms with Gasteiger partial charge in [0.2, 0.25) is 0 Å². The summed E-state index contributed by atoms with van der Waals surface area (Å²) in [5.41, 5.74) is 2.25. The normalized spacial score (nSPS) is 14.7. The number of fused-ring (bicyclic) bond motifs is 1. The van der Waals surface area contributed by atoms with Gasteiger partial charge in [0.05, 0.1) is 13.7 Å². The molecule has 3 nitrogen and oxygen atoms in total. The van der Waals surface area contributed by atoms with Crippen LogP contribution in [0.1, 0.15) is 29.5 Å². The molecule has 1 aliphatic rings. The largest absolute Gasteiger partial charge is 0.496 e. The lowest BCUT2D eigenvalue weighted by atomic mass is 9.89. The van der Waals surface area contributed by atoms with Crippen molar-refractivity contribution in [1.29, 1.82) is 0 Å². The molecule has 0 radical (unpaired) electrons. The first-order valence-corrected chi connectivity index (χ1v) is 5.46. The highest BCUT2D eigenvalue weighted by atomic mass is 19.1. The maximum atomic E-state index is 14.1. The van der Waals surface area contributed by atoms with E-state index in [1.807, 2.05) is 0 Å². The van der Waals surface area contributed by atoms with E-state index in [4.69, 9.17) is 10.6 Å². The van der Waals surface area contributed by atoms with E-state index in [0.29, 0.717) is 5.56 Å². The van der Waals surface area contributed by atoms with Crippen molar-refractivity contribution < 1.29 is 14.0 Å². The monoisotopic (exact) mass is 225 g/mol. The molecule has 2 N–H and O–H groups in total. The molecule has 0 bridgehead atoms. The summed E-state index contributed by atoms with van der Waals surface area (Å²) >= 11 is 0. The molecule has 4 heteroatoms. The Morgan fingerprint density at radius 1 is 1.31 bits per heavy atom. The zero-order chi connectivity index (χ0) is 11.5. The molecule has 0 amide bonds. The Morgan fingerprint density at radius 3 is 2.62 bits per heavy atom. The van der Waals surface area contributed by atoms with Crippen LogP contribution in [0.2, 0.25) is 0 Å². The second kappa shape index (κ2) is 4.80. The molecular weight excluding hydrogens is 209 g/mol. The topological polar surface area (TPSA) is 44.5 Å². The van der Waals surface area contributed by atoms with Gasteiger partial charge in [-0.25, -0.2) is 10.3 Å². The van der Waals surface area contributed by atoms with Crippen molar-refractivity contribution >= 4 is 0 Å². The number of methoxy groups -OCH3 is 1. The van der Waals surface area contributed by atoms with Crippen molar-refractivity contribution in [3.05, 3.63) is 28.6 Å². The zero-order valence-corrected chi connectivity index (χ0v) is 9.38. The highest BCUT2D eigenvalue weighted by Crippen LogP contribution is 2.33. The summed E-state index contributed by atoms with van der Waals surface area (Å²) in [6.45, 7) is 0.0788. The van der Waals surface area contributed by atoms with Crippen LogP contribution >= 0.6 is 0 Å². The molecule has 0 saturated heterocycles. The fraction of sp³-hybridized carbons (Fsp3) is 0.500. The molecule has 0 aliphatic heterocycles. The molecule has 1 aromatic rings. The quantitative estimate of drug-likeness (QED) is 0.801. The van der Waals surface area contributed by atoms with Crippen LogP contribution in [-0.2, 0) is 24.3 Å². The van der Waals surface area contributed by atoms with Gasteiger partial charge < -0.3 is 4.74 Å². The number of benzene rings is 1. The van der Waals surface area contributed by atoms with E-state index < -0.39 is 0 Å². The minimum absolute atomic E-state index is 0.0788. The third-order valence-electron chi connectivity index (χ3n) is 3.08. The highest BCUT2D eigenvalue weighted by Gasteiger charge is 2.21. The SMILES string of the molecule is COc1cc(CON)c(F)c2c1CCCC2. The summed E-state index contributed by atoms with van der Waals surface area (Å²) in [4.78, 5) is 4.50. The van der Waals surface area contributed by atoms with Gasteiger partial charge in [0, 0.05) is 11.1 Å². The molecule has 0 fully saturated rings. The first-order chi connectivity index (χ1) is 7.77. The number of hydrogen-bond acceptors (Lipinski definition) is 3. The number of halogens is 1. The predicted molar refractivity (Wildman–Crippen MR) is 58.6 cm³/mol. The second-order valence-corrected chi connectivity index (χ2v) is 4.03. The van der Waals surface area contributed by atoms with Crippen LogP contribution in [0.4, 0.5) is 4.39 Å². The fourth-order valence-electron chi connectivity index (χ4n) is 2.30. The molecule has 0 heterocycles. The van der Waals surface area contributed by atoms with E-state index in [1.54, 1.807) is 13.2 Å². The smallest absolute Gasteiger partial charge is 0.132 e. The molecular formula is C12H16FNO2. The van der Waals surface area contributed by atoms with Crippen molar-refractivity contribution in [3.63, 3.8) is 0 Å². The minimum Gasteiger partial charge on any atom is -0.496 e. The van der Waals surface area contributed by atoms with Gasteiger partial charge >= 0.3 is 0 Å². The Morgan fingerprint density at radius 2 is 2.00 bits per heavy atom. The van der Waals surface area contributed by atoms with Gasteiger partial charge in [0.15, 0.2) is 0 Å². The standard InChI is InChI=1S/C12H16FNO2/c1-15-11-6-8(7-16-14)12(13)10-5-3-2-4-9(10)11/h6H,2-5,7,14H2,1H3. The summed E-state index contributed by atoms with van der Waals surface area (Å²) < 4.78 is 19.4. The summed E-state index contributed by atoms with van der Waals surface area (Å²) in [7, 11) is 1.61. The summed E-state index contributed by atoms with van der Waals surface area (Å²) in [5, 5.41) is 0. The fourth-order valence-corrected chi connectivity index (χ4v) is 2.30. The lowest BCUT2D eigenvalue weighted by Crippen LogP contribution is -2.11. The lowest BCUT2D eigenvalue weighted by molar-refractivity contribution is 0.121. The van der Waals surface area contributed by atoms with E-state index in [9.17, 15) is 4.39 Å². The van der Waals surface area contributed by atoms with Gasteiger partial charge in [0.1, 0.15) is 11.6 Å². The molecule has 1 aromatic carbocycles. The maximum Gasteiger partial charge on any atom is 0.132 e. The van der Waals surface area contributed by atoms with Crippen LogP contribution in [0.25, 0.3) is 0 Å². The number of nitrogens with two attached hydrogens (primary N) is 1. The number of hydrogen-bond donors (Lipinski definition) is 1. The summed E-state index contributed by atoms with van der Waals surface area (Å²) in [5.74, 6) is 5.56. The Kier molecular flexibility index (Phi) is 3.41. The van der Waals surface area contributed by atoms with E-state index in [2.05, 4.69) is 4.84 Å². The third-order valence-corrected chi connectivity index (χ3v) is 3.08. The minimum atomic E-state index is -0.180. The van der Waals surface area contributed by atoms with Crippen molar-refractivity contribution in [2.24, 2.45) is 5.90 Å². The van der Waals surface area contributed by atoms with E-state index in [-0.39, 0.29) is 12.4 Å². The predicted octanol–water partition coefficient (Wildman–Crippen LogP) is 2.10. The van der Waals surface area contributed by atoms with Crippen molar-refractivity contribution in [2.45, 2.75) is 32.3 Å². The molecule has 0 unspecified atom stereocenters. The first-order valence-electron chi connectivity index (χ1n) is 5.46.